The van der Waals surface area contributed by atoms with Crippen LogP contribution in [0.25, 0.3) is 0 Å². The van der Waals surface area contributed by atoms with Gasteiger partial charge in [-0.1, -0.05) is 18.2 Å². The molecule has 0 spiro atoms. The fourth-order valence-electron chi connectivity index (χ4n) is 2.36. The molecule has 0 bridgehead atoms. The lowest BCUT2D eigenvalue weighted by Gasteiger charge is -2.24. The molecule has 0 aliphatic carbocycles. The highest BCUT2D eigenvalue weighted by Crippen LogP contribution is 2.24. The van der Waals surface area contributed by atoms with Gasteiger partial charge < -0.3 is 14.6 Å². The molecule has 6 heteroatoms. The predicted molar refractivity (Wildman–Crippen MR) is 75.6 cm³/mol. The molecular weight excluding hydrogens is 270 g/mol. The summed E-state index contributed by atoms with van der Waals surface area (Å²) in [5.41, 5.74) is 2.14. The van der Waals surface area contributed by atoms with Crippen molar-refractivity contribution in [2.24, 2.45) is 0 Å². The van der Waals surface area contributed by atoms with Crippen LogP contribution in [0, 0.1) is 6.92 Å². The Kier molecular flexibility index (Phi) is 3.21. The summed E-state index contributed by atoms with van der Waals surface area (Å²) < 4.78 is 5.16. The number of benzene rings is 1. The zero-order valence-corrected chi connectivity index (χ0v) is 11.8. The van der Waals surface area contributed by atoms with Gasteiger partial charge in [0.05, 0.1) is 5.69 Å². The maximum absolute atomic E-state index is 12.6. The molecule has 108 valence electrons. The average Bonchev–Trinajstić information content (AvgIpc) is 2.85. The van der Waals surface area contributed by atoms with Crippen LogP contribution < -0.4 is 5.32 Å². The molecule has 0 saturated carbocycles. The fraction of sp³-hybridized carbons (Fsp3) is 0.267. The molecule has 1 aromatic carbocycles. The van der Waals surface area contributed by atoms with Crippen LogP contribution in [0.3, 0.4) is 0 Å². The number of anilines is 1. The van der Waals surface area contributed by atoms with E-state index < -0.39 is 6.04 Å². The molecular formula is C15H15N3O3. The number of para-hydroxylation sites is 1. The molecule has 6 nitrogen and oxygen atoms in total. The second kappa shape index (κ2) is 5.05. The van der Waals surface area contributed by atoms with Gasteiger partial charge in [0.15, 0.2) is 6.39 Å². The lowest BCUT2D eigenvalue weighted by molar-refractivity contribution is -0.120. The van der Waals surface area contributed by atoms with Crippen molar-refractivity contribution in [3.05, 3.63) is 47.7 Å². The zero-order valence-electron chi connectivity index (χ0n) is 11.8. The number of hydrogen-bond donors (Lipinski definition) is 1. The van der Waals surface area contributed by atoms with Gasteiger partial charge in [-0.05, 0) is 25.5 Å². The van der Waals surface area contributed by atoms with Crippen LogP contribution in [0.4, 0.5) is 5.69 Å². The van der Waals surface area contributed by atoms with Gasteiger partial charge in [0.1, 0.15) is 6.04 Å². The standard InChI is InChI=1S/C15H15N3O3/c1-9-13(21-8-16-9)15(20)18-7-11-5-3-4-6-12(11)17-14(19)10(18)2/h3-6,8,10H,7H2,1-2H3,(H,17,19). The molecule has 1 unspecified atom stereocenters. The predicted octanol–water partition coefficient (Wildman–Crippen LogP) is 1.97. The summed E-state index contributed by atoms with van der Waals surface area (Å²) in [6.07, 6.45) is 1.24. The molecule has 0 saturated heterocycles. The maximum atomic E-state index is 12.6. The minimum Gasteiger partial charge on any atom is -0.438 e. The zero-order chi connectivity index (χ0) is 15.0. The third-order valence-corrected chi connectivity index (χ3v) is 3.66. The molecule has 2 amide bonds. The number of amides is 2. The Morgan fingerprint density at radius 1 is 1.43 bits per heavy atom. The van der Waals surface area contributed by atoms with E-state index in [1.54, 1.807) is 13.8 Å². The first-order valence-electron chi connectivity index (χ1n) is 6.67. The van der Waals surface area contributed by atoms with Crippen LogP contribution in [0.1, 0.15) is 28.7 Å². The van der Waals surface area contributed by atoms with Gasteiger partial charge in [-0.2, -0.15) is 0 Å². The lowest BCUT2D eigenvalue weighted by Crippen LogP contribution is -2.43. The Balaban J connectivity index is 2.00. The molecule has 0 fully saturated rings. The highest BCUT2D eigenvalue weighted by Gasteiger charge is 2.32. The summed E-state index contributed by atoms with van der Waals surface area (Å²) in [6.45, 7) is 3.74. The van der Waals surface area contributed by atoms with Gasteiger partial charge in [0, 0.05) is 12.2 Å². The Morgan fingerprint density at radius 2 is 2.19 bits per heavy atom. The van der Waals surface area contributed by atoms with Crippen LogP contribution in [0.2, 0.25) is 0 Å². The van der Waals surface area contributed by atoms with E-state index in [4.69, 9.17) is 4.42 Å². The van der Waals surface area contributed by atoms with Crippen molar-refractivity contribution in [2.75, 3.05) is 5.32 Å². The minimum absolute atomic E-state index is 0.175. The van der Waals surface area contributed by atoms with Gasteiger partial charge in [0.2, 0.25) is 11.7 Å². The van der Waals surface area contributed by atoms with E-state index in [0.29, 0.717) is 12.2 Å². The second-order valence-corrected chi connectivity index (χ2v) is 5.02. The summed E-state index contributed by atoms with van der Waals surface area (Å²) in [6, 6.07) is 6.86. The molecule has 1 atom stereocenters. The largest absolute Gasteiger partial charge is 0.438 e. The Labute approximate surface area is 121 Å². The van der Waals surface area contributed by atoms with E-state index in [1.165, 1.54) is 11.3 Å². The third-order valence-electron chi connectivity index (χ3n) is 3.66. The molecule has 1 aliphatic heterocycles. The van der Waals surface area contributed by atoms with Crippen molar-refractivity contribution in [2.45, 2.75) is 26.4 Å². The van der Waals surface area contributed by atoms with Gasteiger partial charge in [-0.15, -0.1) is 0 Å². The number of rotatable bonds is 1. The van der Waals surface area contributed by atoms with E-state index in [2.05, 4.69) is 10.3 Å². The SMILES string of the molecule is Cc1ncoc1C(=O)N1Cc2ccccc2NC(=O)C1C. The van der Waals surface area contributed by atoms with Gasteiger partial charge in [-0.25, -0.2) is 4.98 Å². The number of aromatic nitrogens is 1. The second-order valence-electron chi connectivity index (χ2n) is 5.02. The normalized spacial score (nSPS) is 17.9. The lowest BCUT2D eigenvalue weighted by atomic mass is 10.1. The van der Waals surface area contributed by atoms with Crippen molar-refractivity contribution in [1.82, 2.24) is 9.88 Å². The number of fused-ring (bicyclic) bond motifs is 1. The first-order chi connectivity index (χ1) is 10.1. The quantitative estimate of drug-likeness (QED) is 0.869. The third kappa shape index (κ3) is 2.29. The molecule has 2 heterocycles. The van der Waals surface area contributed by atoms with Crippen LogP contribution in [0.5, 0.6) is 0 Å². The fourth-order valence-corrected chi connectivity index (χ4v) is 2.36. The molecule has 2 aromatic rings. The van der Waals surface area contributed by atoms with Crippen molar-refractivity contribution < 1.29 is 14.0 Å². The van der Waals surface area contributed by atoms with Crippen molar-refractivity contribution in [3.8, 4) is 0 Å². The number of carbonyl (C=O) groups is 2. The van der Waals surface area contributed by atoms with Crippen molar-refractivity contribution in [1.29, 1.82) is 0 Å². The maximum Gasteiger partial charge on any atom is 0.292 e. The molecule has 1 aromatic heterocycles. The average molecular weight is 285 g/mol. The van der Waals surface area contributed by atoms with Crippen LogP contribution in [-0.4, -0.2) is 27.7 Å². The highest BCUT2D eigenvalue weighted by molar-refractivity contribution is 6.01. The number of hydrogen-bond acceptors (Lipinski definition) is 4. The minimum atomic E-state index is -0.589. The van der Waals surface area contributed by atoms with Crippen LogP contribution >= 0.6 is 0 Å². The summed E-state index contributed by atoms with van der Waals surface area (Å²) in [7, 11) is 0. The Morgan fingerprint density at radius 3 is 2.90 bits per heavy atom. The summed E-state index contributed by atoms with van der Waals surface area (Å²) in [5, 5.41) is 2.84. The molecule has 0 radical (unpaired) electrons. The number of nitrogens with one attached hydrogen (secondary N) is 1. The van der Waals surface area contributed by atoms with Gasteiger partial charge in [0.25, 0.3) is 5.91 Å². The number of carbonyl (C=O) groups excluding carboxylic acids is 2. The molecule has 3 rings (SSSR count). The molecule has 1 aliphatic rings. The smallest absolute Gasteiger partial charge is 0.292 e. The number of nitrogens with zero attached hydrogens (tertiary/aromatic N) is 2. The Hall–Kier alpha value is -2.63. The van der Waals surface area contributed by atoms with Gasteiger partial charge in [-0.3, -0.25) is 9.59 Å². The van der Waals surface area contributed by atoms with E-state index in [0.717, 1.165) is 11.3 Å². The molecule has 1 N–H and O–H groups in total. The molecule has 21 heavy (non-hydrogen) atoms. The summed E-state index contributed by atoms with van der Waals surface area (Å²) >= 11 is 0. The van der Waals surface area contributed by atoms with Crippen molar-refractivity contribution in [3.63, 3.8) is 0 Å². The monoisotopic (exact) mass is 285 g/mol. The van der Waals surface area contributed by atoms with E-state index >= 15 is 0 Å². The number of aryl methyl sites for hydroxylation is 1. The first-order valence-corrected chi connectivity index (χ1v) is 6.67. The Bertz CT molecular complexity index is 708. The first kappa shape index (κ1) is 13.4. The van der Waals surface area contributed by atoms with Crippen LogP contribution in [-0.2, 0) is 11.3 Å². The van der Waals surface area contributed by atoms with Gasteiger partial charge >= 0.3 is 0 Å². The summed E-state index contributed by atoms with van der Waals surface area (Å²) in [4.78, 5) is 30.2. The van der Waals surface area contributed by atoms with Crippen LogP contribution in [0.15, 0.2) is 35.1 Å². The van der Waals surface area contributed by atoms with E-state index in [9.17, 15) is 9.59 Å². The topological polar surface area (TPSA) is 75.4 Å². The van der Waals surface area contributed by atoms with E-state index in [-0.39, 0.29) is 17.6 Å². The van der Waals surface area contributed by atoms with E-state index in [1.807, 2.05) is 24.3 Å². The highest BCUT2D eigenvalue weighted by atomic mass is 16.3. The van der Waals surface area contributed by atoms with Crippen molar-refractivity contribution >= 4 is 17.5 Å². The number of oxazole rings is 1. The summed E-state index contributed by atoms with van der Waals surface area (Å²) in [5.74, 6) is -0.371.